The fourth-order valence-corrected chi connectivity index (χ4v) is 3.14. The highest BCUT2D eigenvalue weighted by molar-refractivity contribution is 5.72. The van der Waals surface area contributed by atoms with Crippen LogP contribution in [0.25, 0.3) is 0 Å². The van der Waals surface area contributed by atoms with Gasteiger partial charge in [-0.25, -0.2) is 0 Å². The summed E-state index contributed by atoms with van der Waals surface area (Å²) < 4.78 is 10.6. The van der Waals surface area contributed by atoms with Gasteiger partial charge in [0.2, 0.25) is 0 Å². The summed E-state index contributed by atoms with van der Waals surface area (Å²) in [5.74, 6) is 0.962. The van der Waals surface area contributed by atoms with E-state index in [0.717, 1.165) is 36.3 Å². The first-order valence-corrected chi connectivity index (χ1v) is 7.01. The Morgan fingerprint density at radius 3 is 2.60 bits per heavy atom. The zero-order valence-electron chi connectivity index (χ0n) is 12.3. The van der Waals surface area contributed by atoms with Crippen LogP contribution in [0.1, 0.15) is 37.7 Å². The van der Waals surface area contributed by atoms with Gasteiger partial charge in [-0.05, 0) is 36.8 Å². The van der Waals surface area contributed by atoms with Gasteiger partial charge in [0.05, 0.1) is 20.1 Å². The number of carboxylic acids is 1. The van der Waals surface area contributed by atoms with Gasteiger partial charge < -0.3 is 14.6 Å². The molecule has 1 aliphatic carbocycles. The van der Waals surface area contributed by atoms with Gasteiger partial charge in [0.15, 0.2) is 0 Å². The molecule has 1 aliphatic rings. The molecule has 0 aromatic heterocycles. The molecule has 4 nitrogen and oxygen atoms in total. The molecule has 0 amide bonds. The Morgan fingerprint density at radius 1 is 1.25 bits per heavy atom. The topological polar surface area (TPSA) is 55.8 Å². The second-order valence-corrected chi connectivity index (χ2v) is 5.58. The van der Waals surface area contributed by atoms with Crippen LogP contribution in [0.2, 0.25) is 0 Å². The second kappa shape index (κ2) is 6.16. The number of carboxylic acid groups (broad SMARTS) is 1. The molecule has 0 aliphatic heterocycles. The predicted octanol–water partition coefficient (Wildman–Crippen LogP) is 3.31. The highest BCUT2D eigenvalue weighted by Gasteiger charge is 2.36. The Balaban J connectivity index is 2.38. The molecule has 0 bridgehead atoms. The summed E-state index contributed by atoms with van der Waals surface area (Å²) in [7, 11) is 3.22. The van der Waals surface area contributed by atoms with Gasteiger partial charge in [0.1, 0.15) is 11.5 Å². The van der Waals surface area contributed by atoms with Crippen LogP contribution in [-0.4, -0.2) is 25.3 Å². The summed E-state index contributed by atoms with van der Waals surface area (Å²) in [5.41, 5.74) is 0.979. The van der Waals surface area contributed by atoms with E-state index >= 15 is 0 Å². The van der Waals surface area contributed by atoms with Gasteiger partial charge in [-0.3, -0.25) is 4.79 Å². The van der Waals surface area contributed by atoms with E-state index in [2.05, 4.69) is 6.92 Å². The Bertz CT molecular complexity index is 483. The van der Waals surface area contributed by atoms with Crippen molar-refractivity contribution in [2.45, 2.75) is 32.1 Å². The standard InChI is InChI=1S/C16H22O4/c1-10-4-6-13(16(17)18)14(8-10)12-7-5-11(19-2)9-15(12)20-3/h5,7,9-10,13-14H,4,6,8H2,1-3H3,(H,17,18). The Kier molecular flexibility index (Phi) is 4.53. The monoisotopic (exact) mass is 278 g/mol. The van der Waals surface area contributed by atoms with Crippen molar-refractivity contribution in [3.8, 4) is 11.5 Å². The van der Waals surface area contributed by atoms with Crippen LogP contribution in [0.15, 0.2) is 18.2 Å². The van der Waals surface area contributed by atoms with Crippen molar-refractivity contribution >= 4 is 5.97 Å². The van der Waals surface area contributed by atoms with Crippen LogP contribution in [0.5, 0.6) is 11.5 Å². The van der Waals surface area contributed by atoms with Gasteiger partial charge in [-0.15, -0.1) is 0 Å². The minimum atomic E-state index is -0.709. The van der Waals surface area contributed by atoms with Crippen molar-refractivity contribution in [1.29, 1.82) is 0 Å². The Labute approximate surface area is 119 Å². The third-order valence-electron chi connectivity index (χ3n) is 4.27. The number of hydrogen-bond donors (Lipinski definition) is 1. The highest BCUT2D eigenvalue weighted by Crippen LogP contribution is 2.44. The Morgan fingerprint density at radius 2 is 2.00 bits per heavy atom. The van der Waals surface area contributed by atoms with E-state index in [-0.39, 0.29) is 11.8 Å². The molecule has 0 spiro atoms. The molecule has 3 atom stereocenters. The number of ether oxygens (including phenoxy) is 2. The number of methoxy groups -OCH3 is 2. The third kappa shape index (κ3) is 2.89. The van der Waals surface area contributed by atoms with Gasteiger partial charge in [-0.1, -0.05) is 13.0 Å². The average Bonchev–Trinajstić information content (AvgIpc) is 2.46. The summed E-state index contributed by atoms with van der Waals surface area (Å²) in [4.78, 5) is 11.5. The van der Waals surface area contributed by atoms with Crippen LogP contribution >= 0.6 is 0 Å². The van der Waals surface area contributed by atoms with Crippen molar-refractivity contribution in [2.75, 3.05) is 14.2 Å². The van der Waals surface area contributed by atoms with E-state index in [9.17, 15) is 9.90 Å². The molecule has 3 unspecified atom stereocenters. The molecule has 0 radical (unpaired) electrons. The summed E-state index contributed by atoms with van der Waals surface area (Å²) in [5, 5.41) is 9.46. The average molecular weight is 278 g/mol. The zero-order valence-corrected chi connectivity index (χ0v) is 12.3. The maximum absolute atomic E-state index is 11.5. The molecule has 1 fully saturated rings. The molecule has 1 N–H and O–H groups in total. The second-order valence-electron chi connectivity index (χ2n) is 5.58. The molecule has 2 rings (SSSR count). The summed E-state index contributed by atoms with van der Waals surface area (Å²) >= 11 is 0. The van der Waals surface area contributed by atoms with Crippen molar-refractivity contribution in [3.63, 3.8) is 0 Å². The first-order valence-electron chi connectivity index (χ1n) is 7.01. The quantitative estimate of drug-likeness (QED) is 0.918. The SMILES string of the molecule is COc1ccc(C2CC(C)CCC2C(=O)O)c(OC)c1. The third-order valence-corrected chi connectivity index (χ3v) is 4.27. The van der Waals surface area contributed by atoms with E-state index in [4.69, 9.17) is 9.47 Å². The fourth-order valence-electron chi connectivity index (χ4n) is 3.14. The minimum Gasteiger partial charge on any atom is -0.497 e. The largest absolute Gasteiger partial charge is 0.497 e. The molecule has 20 heavy (non-hydrogen) atoms. The van der Waals surface area contributed by atoms with Crippen molar-refractivity contribution in [2.24, 2.45) is 11.8 Å². The lowest BCUT2D eigenvalue weighted by Crippen LogP contribution is -2.28. The number of rotatable bonds is 4. The highest BCUT2D eigenvalue weighted by atomic mass is 16.5. The van der Waals surface area contributed by atoms with E-state index in [1.54, 1.807) is 14.2 Å². The number of hydrogen-bond acceptors (Lipinski definition) is 3. The van der Waals surface area contributed by atoms with Gasteiger partial charge in [0.25, 0.3) is 0 Å². The molecule has 0 saturated heterocycles. The molecule has 1 aromatic carbocycles. The van der Waals surface area contributed by atoms with E-state index in [1.165, 1.54) is 0 Å². The number of aliphatic carboxylic acids is 1. The lowest BCUT2D eigenvalue weighted by Gasteiger charge is -2.33. The van der Waals surface area contributed by atoms with Crippen LogP contribution in [0.4, 0.5) is 0 Å². The van der Waals surface area contributed by atoms with Gasteiger partial charge in [0, 0.05) is 12.0 Å². The number of benzene rings is 1. The molecule has 1 saturated carbocycles. The molecule has 4 heteroatoms. The zero-order chi connectivity index (χ0) is 14.7. The van der Waals surface area contributed by atoms with Crippen LogP contribution < -0.4 is 9.47 Å². The molecular formula is C16H22O4. The first-order chi connectivity index (χ1) is 9.56. The Hall–Kier alpha value is -1.71. The maximum Gasteiger partial charge on any atom is 0.307 e. The lowest BCUT2D eigenvalue weighted by atomic mass is 9.71. The minimum absolute atomic E-state index is 0.0112. The predicted molar refractivity (Wildman–Crippen MR) is 76.4 cm³/mol. The summed E-state index contributed by atoms with van der Waals surface area (Å²) in [6.45, 7) is 2.18. The van der Waals surface area contributed by atoms with E-state index in [0.29, 0.717) is 5.92 Å². The van der Waals surface area contributed by atoms with Gasteiger partial charge >= 0.3 is 5.97 Å². The smallest absolute Gasteiger partial charge is 0.307 e. The van der Waals surface area contributed by atoms with Crippen molar-refractivity contribution in [1.82, 2.24) is 0 Å². The van der Waals surface area contributed by atoms with E-state index < -0.39 is 5.97 Å². The van der Waals surface area contributed by atoms with Crippen LogP contribution in [-0.2, 0) is 4.79 Å². The maximum atomic E-state index is 11.5. The summed E-state index contributed by atoms with van der Waals surface area (Å²) in [6, 6.07) is 5.64. The molecule has 110 valence electrons. The van der Waals surface area contributed by atoms with Crippen LogP contribution in [0.3, 0.4) is 0 Å². The van der Waals surface area contributed by atoms with Crippen molar-refractivity contribution in [3.05, 3.63) is 23.8 Å². The summed E-state index contributed by atoms with van der Waals surface area (Å²) in [6.07, 6.45) is 2.60. The fraction of sp³-hybridized carbons (Fsp3) is 0.562. The molecule has 1 aromatic rings. The van der Waals surface area contributed by atoms with Crippen molar-refractivity contribution < 1.29 is 19.4 Å². The van der Waals surface area contributed by atoms with Gasteiger partial charge in [-0.2, -0.15) is 0 Å². The first kappa shape index (κ1) is 14.7. The molecule has 0 heterocycles. The van der Waals surface area contributed by atoms with E-state index in [1.807, 2.05) is 18.2 Å². The molecular weight excluding hydrogens is 256 g/mol. The normalized spacial score (nSPS) is 26.1. The van der Waals surface area contributed by atoms with Crippen LogP contribution in [0, 0.1) is 11.8 Å². The number of carbonyl (C=O) groups is 1. The lowest BCUT2D eigenvalue weighted by molar-refractivity contribution is -0.143.